The normalized spacial score (nSPS) is 18.1. The van der Waals surface area contributed by atoms with Crippen LogP contribution in [0.5, 0.6) is 5.75 Å². The zero-order valence-corrected chi connectivity index (χ0v) is 15.4. The Kier molecular flexibility index (Phi) is 6.64. The number of benzene rings is 2. The molecule has 0 aromatic heterocycles. The molecule has 0 radical (unpaired) electrons. The summed E-state index contributed by atoms with van der Waals surface area (Å²) in [6, 6.07) is 14.8. The molecule has 3 nitrogen and oxygen atoms in total. The maximum absolute atomic E-state index is 14.1. The number of aliphatic hydroxyl groups excluding tert-OH is 1. The summed E-state index contributed by atoms with van der Waals surface area (Å²) in [6.07, 6.45) is 4.20. The number of aliphatic hydroxyl groups is 1. The minimum atomic E-state index is -0.763. The number of rotatable bonds is 6. The van der Waals surface area contributed by atoms with Gasteiger partial charge >= 0.3 is 0 Å². The summed E-state index contributed by atoms with van der Waals surface area (Å²) in [5, 5.41) is 11.1. The fraction of sp³-hybridized carbons (Fsp3) is 0.455. The van der Waals surface area contributed by atoms with Crippen molar-refractivity contribution in [3.05, 3.63) is 65.5 Å². The van der Waals surface area contributed by atoms with Gasteiger partial charge in [0.1, 0.15) is 0 Å². The second-order valence-electron chi connectivity index (χ2n) is 7.07. The van der Waals surface area contributed by atoms with Gasteiger partial charge < -0.3 is 14.7 Å². The van der Waals surface area contributed by atoms with E-state index < -0.39 is 11.9 Å². The van der Waals surface area contributed by atoms with E-state index in [2.05, 4.69) is 4.90 Å². The second kappa shape index (κ2) is 9.15. The molecule has 1 fully saturated rings. The van der Waals surface area contributed by atoms with Crippen LogP contribution in [-0.4, -0.2) is 36.8 Å². The summed E-state index contributed by atoms with van der Waals surface area (Å²) in [7, 11) is 1.45. The molecule has 4 heteroatoms. The molecule has 2 unspecified atom stereocenters. The molecule has 0 saturated carbocycles. The van der Waals surface area contributed by atoms with Crippen LogP contribution in [0, 0.1) is 5.82 Å². The molecular formula is C22H28FNO2. The van der Waals surface area contributed by atoms with Crippen molar-refractivity contribution in [1.82, 2.24) is 4.90 Å². The molecule has 0 spiro atoms. The molecule has 26 heavy (non-hydrogen) atoms. The van der Waals surface area contributed by atoms with Gasteiger partial charge in [0.2, 0.25) is 0 Å². The van der Waals surface area contributed by atoms with Crippen molar-refractivity contribution in [2.75, 3.05) is 26.7 Å². The fourth-order valence-electron chi connectivity index (χ4n) is 3.78. The minimum Gasteiger partial charge on any atom is -0.494 e. The van der Waals surface area contributed by atoms with E-state index in [1.165, 1.54) is 38.9 Å². The summed E-state index contributed by atoms with van der Waals surface area (Å²) >= 11 is 0. The van der Waals surface area contributed by atoms with Crippen LogP contribution >= 0.6 is 0 Å². The number of nitrogens with zero attached hydrogens (tertiary/aromatic N) is 1. The van der Waals surface area contributed by atoms with Gasteiger partial charge in [-0.3, -0.25) is 0 Å². The maximum atomic E-state index is 14.1. The molecule has 1 aliphatic heterocycles. The van der Waals surface area contributed by atoms with Crippen molar-refractivity contribution in [2.24, 2.45) is 0 Å². The zero-order chi connectivity index (χ0) is 18.4. The molecule has 2 aromatic rings. The third kappa shape index (κ3) is 4.63. The summed E-state index contributed by atoms with van der Waals surface area (Å²) in [4.78, 5) is 2.44. The van der Waals surface area contributed by atoms with Crippen LogP contribution in [0.4, 0.5) is 4.39 Å². The topological polar surface area (TPSA) is 32.7 Å². The first-order valence-electron chi connectivity index (χ1n) is 9.48. The van der Waals surface area contributed by atoms with Gasteiger partial charge in [-0.2, -0.15) is 0 Å². The molecule has 140 valence electrons. The Morgan fingerprint density at radius 1 is 1.00 bits per heavy atom. The molecule has 1 heterocycles. The van der Waals surface area contributed by atoms with Crippen LogP contribution < -0.4 is 4.74 Å². The van der Waals surface area contributed by atoms with Crippen LogP contribution in [0.2, 0.25) is 0 Å². The average Bonchev–Trinajstić information content (AvgIpc) is 2.95. The number of ether oxygens (including phenoxy) is 1. The Morgan fingerprint density at radius 3 is 2.31 bits per heavy atom. The van der Waals surface area contributed by atoms with E-state index in [9.17, 15) is 9.50 Å². The molecule has 1 aliphatic rings. The van der Waals surface area contributed by atoms with Gasteiger partial charge in [0.05, 0.1) is 13.2 Å². The Bertz CT molecular complexity index is 684. The SMILES string of the molecule is COc1ccc(C(O)C(CN2CCCCCC2)c2ccccc2)cc1F. The van der Waals surface area contributed by atoms with E-state index in [4.69, 9.17) is 4.74 Å². The van der Waals surface area contributed by atoms with Crippen LogP contribution in [0.25, 0.3) is 0 Å². The van der Waals surface area contributed by atoms with E-state index in [1.807, 2.05) is 30.3 Å². The van der Waals surface area contributed by atoms with Crippen molar-refractivity contribution in [2.45, 2.75) is 37.7 Å². The third-order valence-electron chi connectivity index (χ3n) is 5.28. The Balaban J connectivity index is 1.85. The van der Waals surface area contributed by atoms with E-state index in [-0.39, 0.29) is 11.7 Å². The molecule has 3 rings (SSSR count). The summed E-state index contributed by atoms with van der Waals surface area (Å²) in [5.41, 5.74) is 1.67. The van der Waals surface area contributed by atoms with Crippen molar-refractivity contribution >= 4 is 0 Å². The Morgan fingerprint density at radius 2 is 1.69 bits per heavy atom. The predicted molar refractivity (Wildman–Crippen MR) is 102 cm³/mol. The van der Waals surface area contributed by atoms with E-state index in [0.29, 0.717) is 5.56 Å². The molecule has 2 aromatic carbocycles. The first-order valence-corrected chi connectivity index (χ1v) is 9.48. The van der Waals surface area contributed by atoms with Gasteiger partial charge in [-0.1, -0.05) is 49.2 Å². The predicted octanol–water partition coefficient (Wildman–Crippen LogP) is 4.53. The summed E-state index contributed by atoms with van der Waals surface area (Å²) in [5.74, 6) is -0.336. The lowest BCUT2D eigenvalue weighted by Crippen LogP contribution is -2.32. The molecule has 2 atom stereocenters. The van der Waals surface area contributed by atoms with Crippen molar-refractivity contribution in [3.63, 3.8) is 0 Å². The van der Waals surface area contributed by atoms with E-state index in [1.54, 1.807) is 12.1 Å². The van der Waals surface area contributed by atoms with Crippen molar-refractivity contribution in [1.29, 1.82) is 0 Å². The molecule has 0 aliphatic carbocycles. The number of likely N-dealkylation sites (tertiary alicyclic amines) is 1. The van der Waals surface area contributed by atoms with Crippen LogP contribution in [0.1, 0.15) is 48.8 Å². The van der Waals surface area contributed by atoms with Crippen LogP contribution in [0.15, 0.2) is 48.5 Å². The minimum absolute atomic E-state index is 0.0953. The van der Waals surface area contributed by atoms with Crippen LogP contribution in [-0.2, 0) is 0 Å². The van der Waals surface area contributed by atoms with Gasteiger partial charge in [0, 0.05) is 12.5 Å². The van der Waals surface area contributed by atoms with Gasteiger partial charge in [-0.15, -0.1) is 0 Å². The van der Waals surface area contributed by atoms with Gasteiger partial charge in [0.25, 0.3) is 0 Å². The Hall–Kier alpha value is -1.91. The lowest BCUT2D eigenvalue weighted by molar-refractivity contribution is 0.117. The number of halogens is 1. The second-order valence-corrected chi connectivity index (χ2v) is 7.07. The highest BCUT2D eigenvalue weighted by Crippen LogP contribution is 2.34. The lowest BCUT2D eigenvalue weighted by Gasteiger charge is -2.30. The highest BCUT2D eigenvalue weighted by molar-refractivity contribution is 5.33. The average molecular weight is 357 g/mol. The maximum Gasteiger partial charge on any atom is 0.165 e. The standard InChI is InChI=1S/C22H28FNO2/c1-26-21-12-11-18(15-20(21)23)22(25)19(17-9-5-4-6-10-17)16-24-13-7-2-3-8-14-24/h4-6,9-12,15,19,22,25H,2-3,7-8,13-14,16H2,1H3. The molecule has 0 bridgehead atoms. The van der Waals surface area contributed by atoms with Gasteiger partial charge in [0.15, 0.2) is 11.6 Å². The number of hydrogen-bond acceptors (Lipinski definition) is 3. The van der Waals surface area contributed by atoms with Gasteiger partial charge in [-0.25, -0.2) is 4.39 Å². The molecule has 0 amide bonds. The number of methoxy groups -OCH3 is 1. The summed E-state index contributed by atoms with van der Waals surface area (Å²) < 4.78 is 19.1. The van der Waals surface area contributed by atoms with Crippen LogP contribution in [0.3, 0.4) is 0 Å². The molecule has 1 saturated heterocycles. The smallest absolute Gasteiger partial charge is 0.165 e. The highest BCUT2D eigenvalue weighted by Gasteiger charge is 2.26. The fourth-order valence-corrected chi connectivity index (χ4v) is 3.78. The summed E-state index contributed by atoms with van der Waals surface area (Å²) in [6.45, 7) is 2.90. The van der Waals surface area contributed by atoms with Gasteiger partial charge in [-0.05, 0) is 49.2 Å². The zero-order valence-electron chi connectivity index (χ0n) is 15.4. The van der Waals surface area contributed by atoms with E-state index in [0.717, 1.165) is 25.2 Å². The third-order valence-corrected chi connectivity index (χ3v) is 5.28. The molecular weight excluding hydrogens is 329 g/mol. The van der Waals surface area contributed by atoms with E-state index >= 15 is 0 Å². The first-order chi connectivity index (χ1) is 12.7. The van der Waals surface area contributed by atoms with Crippen molar-refractivity contribution in [3.8, 4) is 5.75 Å². The number of hydrogen-bond donors (Lipinski definition) is 1. The monoisotopic (exact) mass is 357 g/mol. The molecule has 1 N–H and O–H groups in total. The highest BCUT2D eigenvalue weighted by atomic mass is 19.1. The quantitative estimate of drug-likeness (QED) is 0.825. The largest absolute Gasteiger partial charge is 0.494 e. The van der Waals surface area contributed by atoms with Crippen molar-refractivity contribution < 1.29 is 14.2 Å². The Labute approximate surface area is 155 Å². The lowest BCUT2D eigenvalue weighted by atomic mass is 9.88. The first kappa shape index (κ1) is 18.9.